The minimum absolute atomic E-state index is 0.0867. The van der Waals surface area contributed by atoms with E-state index < -0.39 is 12.3 Å². The maximum atomic E-state index is 12.1. The van der Waals surface area contributed by atoms with E-state index in [1.807, 2.05) is 0 Å². The number of ether oxygens (including phenoxy) is 1. The summed E-state index contributed by atoms with van der Waals surface area (Å²) >= 11 is 0. The second-order valence-corrected chi connectivity index (χ2v) is 2.70. The van der Waals surface area contributed by atoms with Gasteiger partial charge in [-0.2, -0.15) is 13.2 Å². The predicted molar refractivity (Wildman–Crippen MR) is 44.8 cm³/mol. The van der Waals surface area contributed by atoms with Gasteiger partial charge in [-0.3, -0.25) is 0 Å². The summed E-state index contributed by atoms with van der Waals surface area (Å²) in [5, 5.41) is 0. The summed E-state index contributed by atoms with van der Waals surface area (Å²) in [6.45, 7) is 0.897. The summed E-state index contributed by atoms with van der Waals surface area (Å²) in [5.41, 5.74) is 5.44. The Kier molecular flexibility index (Phi) is 2.83. The maximum Gasteiger partial charge on any atom is 0.425 e. The molecule has 14 heavy (non-hydrogen) atoms. The lowest BCUT2D eigenvalue weighted by molar-refractivity contribution is -0.189. The van der Waals surface area contributed by atoms with E-state index in [9.17, 15) is 13.2 Å². The number of rotatable bonds is 2. The fraction of sp³-hybridized carbons (Fsp3) is 0.375. The average molecular weight is 206 g/mol. The average Bonchev–Trinajstić information content (AvgIpc) is 2.07. The van der Waals surface area contributed by atoms with Crippen LogP contribution in [-0.4, -0.2) is 17.3 Å². The molecule has 6 heteroatoms. The van der Waals surface area contributed by atoms with Gasteiger partial charge in [0.25, 0.3) is 0 Å². The lowest BCUT2D eigenvalue weighted by Crippen LogP contribution is -2.31. The number of nitrogen functional groups attached to an aromatic ring is 1. The number of nitrogens with zero attached hydrogens (tertiary/aromatic N) is 1. The van der Waals surface area contributed by atoms with Gasteiger partial charge in [0.1, 0.15) is 0 Å². The van der Waals surface area contributed by atoms with Gasteiger partial charge in [0.15, 0.2) is 6.10 Å². The van der Waals surface area contributed by atoms with Crippen molar-refractivity contribution in [1.29, 1.82) is 0 Å². The molecule has 1 heterocycles. The molecule has 0 saturated carbocycles. The van der Waals surface area contributed by atoms with Crippen LogP contribution in [0.1, 0.15) is 6.92 Å². The van der Waals surface area contributed by atoms with Crippen molar-refractivity contribution < 1.29 is 17.9 Å². The Bertz CT molecular complexity index is 314. The summed E-state index contributed by atoms with van der Waals surface area (Å²) < 4.78 is 40.8. The van der Waals surface area contributed by atoms with E-state index in [-0.39, 0.29) is 11.6 Å². The fourth-order valence-electron chi connectivity index (χ4n) is 0.736. The van der Waals surface area contributed by atoms with Gasteiger partial charge in [0.2, 0.25) is 5.88 Å². The van der Waals surface area contributed by atoms with Gasteiger partial charge in [-0.05, 0) is 19.1 Å². The molecule has 0 bridgehead atoms. The van der Waals surface area contributed by atoms with Crippen molar-refractivity contribution in [3.05, 3.63) is 18.3 Å². The highest BCUT2D eigenvalue weighted by Crippen LogP contribution is 2.26. The van der Waals surface area contributed by atoms with Crippen LogP contribution < -0.4 is 10.5 Å². The third-order valence-corrected chi connectivity index (χ3v) is 1.55. The monoisotopic (exact) mass is 206 g/mol. The standard InChI is InChI=1S/C8H9F3N2O/c1-5(8(9,10)11)14-7-6(12)3-2-4-13-7/h2-5H,12H2,1H3. The van der Waals surface area contributed by atoms with Crippen LogP contribution in [-0.2, 0) is 0 Å². The van der Waals surface area contributed by atoms with Crippen LogP contribution in [0, 0.1) is 0 Å². The first-order chi connectivity index (χ1) is 6.41. The molecular weight excluding hydrogens is 197 g/mol. The SMILES string of the molecule is CC(Oc1ncccc1N)C(F)(F)F. The molecule has 3 nitrogen and oxygen atoms in total. The third-order valence-electron chi connectivity index (χ3n) is 1.55. The van der Waals surface area contributed by atoms with Crippen LogP contribution in [0.3, 0.4) is 0 Å². The molecule has 1 aromatic rings. The molecular formula is C8H9F3N2O. The fourth-order valence-corrected chi connectivity index (χ4v) is 0.736. The van der Waals surface area contributed by atoms with Crippen molar-refractivity contribution in [2.24, 2.45) is 0 Å². The van der Waals surface area contributed by atoms with Crippen LogP contribution in [0.25, 0.3) is 0 Å². The smallest absolute Gasteiger partial charge is 0.425 e. The first kappa shape index (κ1) is 10.6. The topological polar surface area (TPSA) is 48.1 Å². The molecule has 0 spiro atoms. The Labute approximate surface area is 78.7 Å². The molecule has 0 aliphatic carbocycles. The van der Waals surface area contributed by atoms with Gasteiger partial charge >= 0.3 is 6.18 Å². The minimum atomic E-state index is -4.41. The minimum Gasteiger partial charge on any atom is -0.464 e. The molecule has 1 atom stereocenters. The lowest BCUT2D eigenvalue weighted by atomic mass is 10.4. The summed E-state index contributed by atoms with van der Waals surface area (Å²) in [5.74, 6) is -0.197. The molecule has 0 fully saturated rings. The number of hydrogen-bond acceptors (Lipinski definition) is 3. The van der Waals surface area contributed by atoms with E-state index in [1.54, 1.807) is 0 Å². The maximum absolute atomic E-state index is 12.1. The van der Waals surface area contributed by atoms with Gasteiger partial charge < -0.3 is 10.5 Å². The molecule has 0 aliphatic heterocycles. The molecule has 2 N–H and O–H groups in total. The van der Waals surface area contributed by atoms with E-state index >= 15 is 0 Å². The van der Waals surface area contributed by atoms with Crippen LogP contribution in [0.2, 0.25) is 0 Å². The van der Waals surface area contributed by atoms with E-state index in [0.29, 0.717) is 0 Å². The summed E-state index contributed by atoms with van der Waals surface area (Å²) in [4.78, 5) is 3.58. The van der Waals surface area contributed by atoms with Gasteiger partial charge in [-0.1, -0.05) is 0 Å². The van der Waals surface area contributed by atoms with E-state index in [0.717, 1.165) is 6.92 Å². The molecule has 0 aromatic carbocycles. The molecule has 0 aliphatic rings. The highest BCUT2D eigenvalue weighted by atomic mass is 19.4. The number of aromatic nitrogens is 1. The molecule has 0 amide bonds. The van der Waals surface area contributed by atoms with Gasteiger partial charge in [0, 0.05) is 6.20 Å². The Balaban J connectivity index is 2.75. The van der Waals surface area contributed by atoms with Crippen LogP contribution in [0.4, 0.5) is 18.9 Å². The molecule has 0 saturated heterocycles. The molecule has 78 valence electrons. The summed E-state index contributed by atoms with van der Waals surface area (Å²) in [6, 6.07) is 2.94. The molecule has 1 rings (SSSR count). The Morgan fingerprint density at radius 2 is 2.14 bits per heavy atom. The van der Waals surface area contributed by atoms with Gasteiger partial charge in [-0.15, -0.1) is 0 Å². The normalized spacial score (nSPS) is 13.7. The first-order valence-corrected chi connectivity index (χ1v) is 3.85. The van der Waals surface area contributed by atoms with Crippen molar-refractivity contribution in [3.63, 3.8) is 0 Å². The summed E-state index contributed by atoms with van der Waals surface area (Å²) in [7, 11) is 0. The second kappa shape index (κ2) is 3.73. The zero-order valence-electron chi connectivity index (χ0n) is 7.38. The van der Waals surface area contributed by atoms with Crippen molar-refractivity contribution in [1.82, 2.24) is 4.98 Å². The van der Waals surface area contributed by atoms with Crippen molar-refractivity contribution >= 4 is 5.69 Å². The quantitative estimate of drug-likeness (QED) is 0.804. The van der Waals surface area contributed by atoms with Crippen LogP contribution in [0.15, 0.2) is 18.3 Å². The Morgan fingerprint density at radius 3 is 2.64 bits per heavy atom. The summed E-state index contributed by atoms with van der Waals surface area (Å²) in [6.07, 6.45) is -5.02. The number of anilines is 1. The molecule has 1 unspecified atom stereocenters. The van der Waals surface area contributed by atoms with Crippen molar-refractivity contribution in [2.75, 3.05) is 5.73 Å². The number of nitrogens with two attached hydrogens (primary N) is 1. The number of alkyl halides is 3. The predicted octanol–water partition coefficient (Wildman–Crippen LogP) is 1.99. The number of hydrogen-bond donors (Lipinski definition) is 1. The lowest BCUT2D eigenvalue weighted by Gasteiger charge is -2.17. The zero-order chi connectivity index (χ0) is 10.8. The number of halogens is 3. The first-order valence-electron chi connectivity index (χ1n) is 3.85. The highest BCUT2D eigenvalue weighted by molar-refractivity contribution is 5.46. The Hall–Kier alpha value is -1.46. The van der Waals surface area contributed by atoms with Crippen molar-refractivity contribution in [2.45, 2.75) is 19.2 Å². The third kappa shape index (κ3) is 2.51. The molecule has 1 aromatic heterocycles. The van der Waals surface area contributed by atoms with Crippen LogP contribution >= 0.6 is 0 Å². The van der Waals surface area contributed by atoms with Crippen molar-refractivity contribution in [3.8, 4) is 5.88 Å². The molecule has 0 radical (unpaired) electrons. The zero-order valence-corrected chi connectivity index (χ0v) is 7.38. The van der Waals surface area contributed by atoms with E-state index in [2.05, 4.69) is 9.72 Å². The van der Waals surface area contributed by atoms with Gasteiger partial charge in [0.05, 0.1) is 5.69 Å². The Morgan fingerprint density at radius 1 is 1.50 bits per heavy atom. The van der Waals surface area contributed by atoms with E-state index in [4.69, 9.17) is 5.73 Å². The largest absolute Gasteiger partial charge is 0.464 e. The van der Waals surface area contributed by atoms with Gasteiger partial charge in [-0.25, -0.2) is 4.98 Å². The van der Waals surface area contributed by atoms with E-state index in [1.165, 1.54) is 18.3 Å². The number of pyridine rings is 1. The van der Waals surface area contributed by atoms with Crippen LogP contribution in [0.5, 0.6) is 5.88 Å². The second-order valence-electron chi connectivity index (χ2n) is 2.70. The highest BCUT2D eigenvalue weighted by Gasteiger charge is 2.38.